The first kappa shape index (κ1) is 15.5. The number of carbonyl (C=O) groups excluding carboxylic acids is 1. The van der Waals surface area contributed by atoms with Crippen molar-refractivity contribution in [3.05, 3.63) is 46.3 Å². The number of nitrogens with zero attached hydrogens (tertiary/aromatic N) is 2. The van der Waals surface area contributed by atoms with Gasteiger partial charge >= 0.3 is 0 Å². The van der Waals surface area contributed by atoms with Crippen LogP contribution in [0.4, 0.5) is 0 Å². The van der Waals surface area contributed by atoms with Gasteiger partial charge in [-0.2, -0.15) is 0 Å². The molecule has 4 rings (SSSR count). The number of hydrogen-bond acceptors (Lipinski definition) is 4. The number of halogens is 1. The molecule has 6 heteroatoms. The minimum absolute atomic E-state index is 0.000841. The molecule has 1 amide bonds. The van der Waals surface area contributed by atoms with Crippen molar-refractivity contribution in [2.45, 2.75) is 38.2 Å². The van der Waals surface area contributed by atoms with E-state index in [2.05, 4.69) is 5.16 Å². The molecule has 2 heterocycles. The van der Waals surface area contributed by atoms with E-state index >= 15 is 0 Å². The first-order chi connectivity index (χ1) is 11.6. The van der Waals surface area contributed by atoms with Gasteiger partial charge in [-0.15, -0.1) is 0 Å². The molecule has 1 unspecified atom stereocenters. The number of hydrogen-bond donors (Lipinski definition) is 0. The number of benzene rings is 1. The molecular weight excluding hydrogens is 328 g/mol. The molecule has 126 valence electrons. The van der Waals surface area contributed by atoms with Crippen LogP contribution >= 0.6 is 11.6 Å². The number of aryl methyl sites for hydroxylation is 1. The molecule has 0 spiro atoms. The zero-order valence-corrected chi connectivity index (χ0v) is 14.3. The van der Waals surface area contributed by atoms with E-state index in [4.69, 9.17) is 20.9 Å². The second kappa shape index (κ2) is 6.13. The van der Waals surface area contributed by atoms with Crippen LogP contribution in [-0.4, -0.2) is 35.2 Å². The van der Waals surface area contributed by atoms with Gasteiger partial charge in [0.25, 0.3) is 5.91 Å². The summed E-state index contributed by atoms with van der Waals surface area (Å²) in [6.07, 6.45) is 2.90. The fourth-order valence-electron chi connectivity index (χ4n) is 3.16. The molecule has 0 radical (unpaired) electrons. The van der Waals surface area contributed by atoms with Gasteiger partial charge in [-0.1, -0.05) is 28.9 Å². The zero-order chi connectivity index (χ0) is 16.7. The summed E-state index contributed by atoms with van der Waals surface area (Å²) >= 11 is 6.14. The Labute approximate surface area is 145 Å². The van der Waals surface area contributed by atoms with E-state index in [9.17, 15) is 4.79 Å². The molecule has 1 aliphatic heterocycles. The summed E-state index contributed by atoms with van der Waals surface area (Å²) in [7, 11) is 0. The molecule has 2 fully saturated rings. The summed E-state index contributed by atoms with van der Waals surface area (Å²) in [6.45, 7) is 3.05. The number of rotatable bonds is 4. The lowest BCUT2D eigenvalue weighted by Gasteiger charge is -2.18. The quantitative estimate of drug-likeness (QED) is 0.844. The van der Waals surface area contributed by atoms with E-state index in [1.165, 1.54) is 0 Å². The molecule has 1 aliphatic carbocycles. The Morgan fingerprint density at radius 2 is 2.12 bits per heavy atom. The largest absolute Gasteiger partial charge is 0.487 e. The second-order valence-corrected chi connectivity index (χ2v) is 6.90. The van der Waals surface area contributed by atoms with Gasteiger partial charge < -0.3 is 14.2 Å². The van der Waals surface area contributed by atoms with Crippen LogP contribution in [0, 0.1) is 6.92 Å². The number of ether oxygens (including phenoxy) is 1. The molecule has 2 aromatic rings. The maximum atomic E-state index is 12.9. The van der Waals surface area contributed by atoms with Gasteiger partial charge in [0, 0.05) is 18.9 Å². The highest BCUT2D eigenvalue weighted by Gasteiger charge is 2.37. The molecule has 1 saturated heterocycles. The average molecular weight is 347 g/mol. The van der Waals surface area contributed by atoms with E-state index in [1.807, 2.05) is 30.0 Å². The highest BCUT2D eigenvalue weighted by atomic mass is 35.5. The number of amides is 1. The van der Waals surface area contributed by atoms with Gasteiger partial charge in [0.2, 0.25) is 0 Å². The Bertz CT molecular complexity index is 769. The smallest absolute Gasteiger partial charge is 0.259 e. The topological polar surface area (TPSA) is 55.6 Å². The predicted octanol–water partition coefficient (Wildman–Crippen LogP) is 3.81. The highest BCUT2D eigenvalue weighted by molar-refractivity contribution is 6.32. The summed E-state index contributed by atoms with van der Waals surface area (Å²) in [6, 6.07) is 7.41. The monoisotopic (exact) mass is 346 g/mol. The van der Waals surface area contributed by atoms with Crippen LogP contribution in [0.2, 0.25) is 5.02 Å². The van der Waals surface area contributed by atoms with Gasteiger partial charge in [-0.05, 0) is 31.9 Å². The molecule has 0 N–H and O–H groups in total. The number of para-hydroxylation sites is 1. The molecule has 2 aliphatic rings. The van der Waals surface area contributed by atoms with Crippen molar-refractivity contribution in [3.63, 3.8) is 0 Å². The van der Waals surface area contributed by atoms with Crippen molar-refractivity contribution in [2.24, 2.45) is 0 Å². The zero-order valence-electron chi connectivity index (χ0n) is 13.5. The molecule has 1 aromatic carbocycles. The van der Waals surface area contributed by atoms with Crippen LogP contribution in [0.3, 0.4) is 0 Å². The fourth-order valence-corrected chi connectivity index (χ4v) is 3.34. The van der Waals surface area contributed by atoms with Gasteiger partial charge in [0.1, 0.15) is 17.4 Å². The lowest BCUT2D eigenvalue weighted by atomic mass is 10.1. The third-order valence-corrected chi connectivity index (χ3v) is 4.93. The van der Waals surface area contributed by atoms with Crippen molar-refractivity contribution < 1.29 is 14.1 Å². The lowest BCUT2D eigenvalue weighted by Crippen LogP contribution is -2.31. The van der Waals surface area contributed by atoms with E-state index in [0.717, 1.165) is 25.0 Å². The third kappa shape index (κ3) is 2.88. The van der Waals surface area contributed by atoms with E-state index in [0.29, 0.717) is 41.0 Å². The van der Waals surface area contributed by atoms with Crippen LogP contribution in [0.25, 0.3) is 0 Å². The van der Waals surface area contributed by atoms with Crippen LogP contribution in [0.1, 0.15) is 47.0 Å². The Morgan fingerprint density at radius 1 is 1.33 bits per heavy atom. The van der Waals surface area contributed by atoms with E-state index in [-0.39, 0.29) is 12.0 Å². The first-order valence-electron chi connectivity index (χ1n) is 8.30. The molecule has 0 bridgehead atoms. The third-order valence-electron chi connectivity index (χ3n) is 4.61. The molecule has 1 atom stereocenters. The van der Waals surface area contributed by atoms with Crippen molar-refractivity contribution in [2.75, 3.05) is 13.1 Å². The van der Waals surface area contributed by atoms with Gasteiger partial charge in [-0.3, -0.25) is 4.79 Å². The summed E-state index contributed by atoms with van der Waals surface area (Å²) in [5, 5.41) is 4.59. The summed E-state index contributed by atoms with van der Waals surface area (Å²) in [5.41, 5.74) is 1.33. The molecule has 1 aromatic heterocycles. The Kier molecular flexibility index (Phi) is 3.96. The molecule has 5 nitrogen and oxygen atoms in total. The fraction of sp³-hybridized carbons (Fsp3) is 0.444. The van der Waals surface area contributed by atoms with Crippen molar-refractivity contribution in [3.8, 4) is 5.75 Å². The van der Waals surface area contributed by atoms with Crippen LogP contribution in [-0.2, 0) is 0 Å². The van der Waals surface area contributed by atoms with Crippen molar-refractivity contribution >= 4 is 17.5 Å². The summed E-state index contributed by atoms with van der Waals surface area (Å²) < 4.78 is 11.4. The number of aromatic nitrogens is 1. The minimum atomic E-state index is -0.0432. The normalized spacial score (nSPS) is 20.4. The number of likely N-dealkylation sites (tertiary alicyclic amines) is 1. The molecule has 1 saturated carbocycles. The van der Waals surface area contributed by atoms with Crippen molar-refractivity contribution in [1.29, 1.82) is 0 Å². The summed E-state index contributed by atoms with van der Waals surface area (Å²) in [4.78, 5) is 14.7. The summed E-state index contributed by atoms with van der Waals surface area (Å²) in [5.74, 6) is 1.79. The average Bonchev–Trinajstić information content (AvgIpc) is 3.19. The maximum absolute atomic E-state index is 12.9. The maximum Gasteiger partial charge on any atom is 0.259 e. The number of carbonyl (C=O) groups is 1. The Balaban J connectivity index is 1.46. The van der Waals surface area contributed by atoms with Gasteiger partial charge in [-0.25, -0.2) is 0 Å². The van der Waals surface area contributed by atoms with Crippen LogP contribution < -0.4 is 4.74 Å². The van der Waals surface area contributed by atoms with Crippen LogP contribution in [0.5, 0.6) is 5.75 Å². The predicted molar refractivity (Wildman–Crippen MR) is 89.6 cm³/mol. The van der Waals surface area contributed by atoms with E-state index in [1.54, 1.807) is 6.07 Å². The lowest BCUT2D eigenvalue weighted by molar-refractivity contribution is 0.0769. The minimum Gasteiger partial charge on any atom is -0.487 e. The highest BCUT2D eigenvalue weighted by Crippen LogP contribution is 2.42. The molecular formula is C18H19ClN2O3. The Morgan fingerprint density at radius 3 is 2.88 bits per heavy atom. The standard InChI is InChI=1S/C18H19ClN2O3/c1-11-16(17(24-20-11)12-6-7-12)18(22)21-9-8-13(10-21)23-15-5-3-2-4-14(15)19/h2-5,12-13H,6-10H2,1H3. The first-order valence-corrected chi connectivity index (χ1v) is 8.68. The Hall–Kier alpha value is -2.01. The van der Waals surface area contributed by atoms with E-state index < -0.39 is 0 Å². The van der Waals surface area contributed by atoms with Gasteiger partial charge in [0.15, 0.2) is 5.76 Å². The second-order valence-electron chi connectivity index (χ2n) is 6.49. The van der Waals surface area contributed by atoms with Crippen LogP contribution in [0.15, 0.2) is 28.8 Å². The SMILES string of the molecule is Cc1noc(C2CC2)c1C(=O)N1CCC(Oc2ccccc2Cl)C1. The van der Waals surface area contributed by atoms with Gasteiger partial charge in [0.05, 0.1) is 17.3 Å². The molecule has 24 heavy (non-hydrogen) atoms. The van der Waals surface area contributed by atoms with Crippen molar-refractivity contribution in [1.82, 2.24) is 10.1 Å².